The lowest BCUT2D eigenvalue weighted by Crippen LogP contribution is -2.13. The third-order valence-corrected chi connectivity index (χ3v) is 4.14. The Labute approximate surface area is 117 Å². The topological polar surface area (TPSA) is 74.8 Å². The molecule has 0 amide bonds. The highest BCUT2D eigenvalue weighted by Crippen LogP contribution is 2.17. The van der Waals surface area contributed by atoms with Crippen LogP contribution in [0.3, 0.4) is 0 Å². The molecule has 0 radical (unpaired) electrons. The maximum absolute atomic E-state index is 12.1. The molecule has 0 atom stereocenters. The van der Waals surface area contributed by atoms with Crippen molar-refractivity contribution in [3.63, 3.8) is 0 Å². The van der Waals surface area contributed by atoms with E-state index in [9.17, 15) is 8.42 Å². The van der Waals surface area contributed by atoms with Gasteiger partial charge in [0.05, 0.1) is 4.90 Å². The number of hydrogen-bond donors (Lipinski definition) is 2. The van der Waals surface area contributed by atoms with Gasteiger partial charge in [0, 0.05) is 16.8 Å². The minimum absolute atomic E-state index is 0.150. The third-order valence-electron chi connectivity index (χ3n) is 2.51. The van der Waals surface area contributed by atoms with Crippen molar-refractivity contribution < 1.29 is 8.42 Å². The van der Waals surface area contributed by atoms with Gasteiger partial charge < -0.3 is 0 Å². The number of sulfonamides is 1. The Bertz CT molecular complexity index is 650. The van der Waals surface area contributed by atoms with Crippen LogP contribution in [0.5, 0.6) is 0 Å². The van der Waals surface area contributed by atoms with Gasteiger partial charge in [0.25, 0.3) is 10.0 Å². The lowest BCUT2D eigenvalue weighted by Gasteiger charge is -2.04. The SMILES string of the molecule is CCCc1cc(NS(=O)(=O)c2ccc(Cl)cc2)n[nH]1. The Morgan fingerprint density at radius 3 is 2.63 bits per heavy atom. The van der Waals surface area contributed by atoms with Gasteiger partial charge in [-0.2, -0.15) is 5.10 Å². The quantitative estimate of drug-likeness (QED) is 0.891. The van der Waals surface area contributed by atoms with Crippen molar-refractivity contribution >= 4 is 27.4 Å². The van der Waals surface area contributed by atoms with Crippen LogP contribution in [-0.4, -0.2) is 18.6 Å². The Kier molecular flexibility index (Phi) is 4.11. The lowest BCUT2D eigenvalue weighted by molar-refractivity contribution is 0.601. The molecular weight excluding hydrogens is 286 g/mol. The van der Waals surface area contributed by atoms with Gasteiger partial charge in [-0.3, -0.25) is 9.82 Å². The molecule has 1 aromatic heterocycles. The van der Waals surface area contributed by atoms with Crippen LogP contribution in [0.4, 0.5) is 5.82 Å². The lowest BCUT2D eigenvalue weighted by atomic mass is 10.2. The van der Waals surface area contributed by atoms with Crippen molar-refractivity contribution in [2.75, 3.05) is 4.72 Å². The molecule has 0 saturated carbocycles. The van der Waals surface area contributed by atoms with Crippen LogP contribution in [0.1, 0.15) is 19.0 Å². The zero-order valence-electron chi connectivity index (χ0n) is 10.4. The number of aryl methyl sites for hydroxylation is 1. The Morgan fingerprint density at radius 2 is 2.00 bits per heavy atom. The second-order valence-corrected chi connectivity index (χ2v) is 6.21. The van der Waals surface area contributed by atoms with Crippen LogP contribution in [0.15, 0.2) is 35.2 Å². The summed E-state index contributed by atoms with van der Waals surface area (Å²) < 4.78 is 26.6. The standard InChI is InChI=1S/C12H14ClN3O2S/c1-2-3-10-8-12(15-14-10)16-19(17,18)11-6-4-9(13)5-7-11/h4-8H,2-3H2,1H3,(H2,14,15,16). The maximum atomic E-state index is 12.1. The first-order chi connectivity index (χ1) is 9.01. The Hall–Kier alpha value is -1.53. The molecule has 102 valence electrons. The number of nitrogens with zero attached hydrogens (tertiary/aromatic N) is 1. The summed E-state index contributed by atoms with van der Waals surface area (Å²) >= 11 is 5.73. The zero-order chi connectivity index (χ0) is 13.9. The fourth-order valence-electron chi connectivity index (χ4n) is 1.62. The number of aromatic nitrogens is 2. The second kappa shape index (κ2) is 5.63. The first-order valence-electron chi connectivity index (χ1n) is 5.84. The van der Waals surface area contributed by atoms with Gasteiger partial charge in [0.1, 0.15) is 0 Å². The van der Waals surface area contributed by atoms with E-state index in [-0.39, 0.29) is 4.90 Å². The van der Waals surface area contributed by atoms with Crippen LogP contribution < -0.4 is 4.72 Å². The van der Waals surface area contributed by atoms with Gasteiger partial charge in [0.2, 0.25) is 0 Å². The number of aromatic amines is 1. The van der Waals surface area contributed by atoms with Gasteiger partial charge >= 0.3 is 0 Å². The van der Waals surface area contributed by atoms with Gasteiger partial charge in [-0.1, -0.05) is 24.9 Å². The van der Waals surface area contributed by atoms with Crippen molar-refractivity contribution in [3.8, 4) is 0 Å². The smallest absolute Gasteiger partial charge is 0.263 e. The first-order valence-corrected chi connectivity index (χ1v) is 7.70. The number of halogens is 1. The highest BCUT2D eigenvalue weighted by Gasteiger charge is 2.15. The summed E-state index contributed by atoms with van der Waals surface area (Å²) in [6.45, 7) is 2.04. The van der Waals surface area contributed by atoms with Crippen LogP contribution in [0, 0.1) is 0 Å². The maximum Gasteiger partial charge on any atom is 0.263 e. The molecule has 0 saturated heterocycles. The van der Waals surface area contributed by atoms with Crippen molar-refractivity contribution in [2.24, 2.45) is 0 Å². The zero-order valence-corrected chi connectivity index (χ0v) is 11.9. The second-order valence-electron chi connectivity index (χ2n) is 4.09. The first kappa shape index (κ1) is 13.9. The van der Waals surface area contributed by atoms with E-state index in [2.05, 4.69) is 14.9 Å². The van der Waals surface area contributed by atoms with Gasteiger partial charge in [0.15, 0.2) is 5.82 Å². The average Bonchev–Trinajstić information content (AvgIpc) is 2.77. The molecule has 0 aliphatic rings. The molecule has 2 aromatic rings. The minimum atomic E-state index is -3.62. The largest absolute Gasteiger partial charge is 0.280 e. The molecule has 2 N–H and O–H groups in total. The fourth-order valence-corrected chi connectivity index (χ4v) is 2.74. The molecule has 0 aliphatic heterocycles. The van der Waals surface area contributed by atoms with E-state index >= 15 is 0 Å². The third kappa shape index (κ3) is 3.48. The number of rotatable bonds is 5. The van der Waals surface area contributed by atoms with Crippen LogP contribution >= 0.6 is 11.6 Å². The summed E-state index contributed by atoms with van der Waals surface area (Å²) in [5.41, 5.74) is 0.899. The highest BCUT2D eigenvalue weighted by atomic mass is 35.5. The van der Waals surface area contributed by atoms with E-state index in [1.807, 2.05) is 6.92 Å². The summed E-state index contributed by atoms with van der Waals surface area (Å²) in [7, 11) is -3.62. The molecule has 1 heterocycles. The molecule has 7 heteroatoms. The van der Waals surface area contributed by atoms with E-state index in [1.54, 1.807) is 6.07 Å². The van der Waals surface area contributed by atoms with E-state index in [0.29, 0.717) is 10.8 Å². The van der Waals surface area contributed by atoms with E-state index in [4.69, 9.17) is 11.6 Å². The van der Waals surface area contributed by atoms with Crippen LogP contribution in [0.2, 0.25) is 5.02 Å². The van der Waals surface area contributed by atoms with Gasteiger partial charge in [-0.15, -0.1) is 0 Å². The summed E-state index contributed by atoms with van der Waals surface area (Å²) in [6, 6.07) is 7.65. The predicted octanol–water partition coefficient (Wildman–Crippen LogP) is 2.82. The van der Waals surface area contributed by atoms with Gasteiger partial charge in [-0.05, 0) is 30.7 Å². The van der Waals surface area contributed by atoms with Crippen molar-refractivity contribution in [3.05, 3.63) is 41.0 Å². The fraction of sp³-hybridized carbons (Fsp3) is 0.250. The Morgan fingerprint density at radius 1 is 1.32 bits per heavy atom. The predicted molar refractivity (Wildman–Crippen MR) is 74.8 cm³/mol. The molecular formula is C12H14ClN3O2S. The molecule has 0 aliphatic carbocycles. The summed E-state index contributed by atoms with van der Waals surface area (Å²) in [4.78, 5) is 0.150. The Balaban J connectivity index is 2.18. The molecule has 19 heavy (non-hydrogen) atoms. The normalized spacial score (nSPS) is 11.5. The average molecular weight is 300 g/mol. The van der Waals surface area contributed by atoms with Crippen LogP contribution in [-0.2, 0) is 16.4 Å². The molecule has 0 fully saturated rings. The summed E-state index contributed by atoms with van der Waals surface area (Å²) in [6.07, 6.45) is 1.79. The van der Waals surface area contributed by atoms with E-state index in [0.717, 1.165) is 18.5 Å². The summed E-state index contributed by atoms with van der Waals surface area (Å²) in [5.74, 6) is 0.290. The monoisotopic (exact) mass is 299 g/mol. The van der Waals surface area contributed by atoms with Crippen LogP contribution in [0.25, 0.3) is 0 Å². The number of benzene rings is 1. The van der Waals surface area contributed by atoms with Crippen molar-refractivity contribution in [2.45, 2.75) is 24.7 Å². The van der Waals surface area contributed by atoms with Crippen molar-refractivity contribution in [1.82, 2.24) is 10.2 Å². The number of nitrogens with one attached hydrogen (secondary N) is 2. The van der Waals surface area contributed by atoms with E-state index < -0.39 is 10.0 Å². The molecule has 0 spiro atoms. The molecule has 5 nitrogen and oxygen atoms in total. The highest BCUT2D eigenvalue weighted by molar-refractivity contribution is 7.92. The molecule has 0 bridgehead atoms. The molecule has 2 rings (SSSR count). The van der Waals surface area contributed by atoms with Crippen molar-refractivity contribution in [1.29, 1.82) is 0 Å². The number of anilines is 1. The number of hydrogen-bond acceptors (Lipinski definition) is 3. The molecule has 0 unspecified atom stereocenters. The summed E-state index contributed by atoms with van der Waals surface area (Å²) in [5, 5.41) is 7.20. The number of H-pyrrole nitrogens is 1. The molecule has 1 aromatic carbocycles. The van der Waals surface area contributed by atoms with E-state index in [1.165, 1.54) is 24.3 Å². The minimum Gasteiger partial charge on any atom is -0.280 e. The van der Waals surface area contributed by atoms with Gasteiger partial charge in [-0.25, -0.2) is 8.42 Å².